The molecule has 6 aliphatic rings. The molecule has 1 saturated heterocycles. The van der Waals surface area contributed by atoms with Gasteiger partial charge in [0.15, 0.2) is 29.6 Å². The van der Waals surface area contributed by atoms with Gasteiger partial charge in [0.05, 0.1) is 30.2 Å². The normalized spacial score (nSPS) is 32.3. The zero-order chi connectivity index (χ0) is 48.9. The number of methoxy groups -OCH3 is 1. The molecule has 1 aromatic carbocycles. The van der Waals surface area contributed by atoms with Crippen molar-refractivity contribution in [1.82, 2.24) is 14.8 Å². The van der Waals surface area contributed by atoms with Crippen LogP contribution in [0.2, 0.25) is 0 Å². The van der Waals surface area contributed by atoms with Crippen molar-refractivity contribution in [3.63, 3.8) is 0 Å². The number of esters is 1. The number of anilines is 1. The molecule has 15 nitrogen and oxygen atoms in total. The van der Waals surface area contributed by atoms with Crippen LogP contribution >= 0.6 is 0 Å². The van der Waals surface area contributed by atoms with Gasteiger partial charge in [-0.3, -0.25) is 24.0 Å². The number of pyridine rings is 1. The number of alkyl halides is 1. The lowest BCUT2D eigenvalue weighted by Gasteiger charge is -2.62. The molecule has 17 heteroatoms. The number of piperazine rings is 1. The molecule has 364 valence electrons. The SMILES string of the molecule is COc1c(N2CCN(C(=O)C(NC(=O)C(N)C(C)C)C(C)C)C(C)C2)c(F)cc2c(=O)c(C(=O)OCC(=O)[C@@]3(O)CC[C@H]4[C@@H]5CCC6=CC(=O)C=C[C@]6(C)[C@@]5(F)[C@@H](O)C[C@@]43C)cn(C3CC3)c12. The first-order chi connectivity index (χ1) is 31.4. The molecule has 1 aliphatic heterocycles. The van der Waals surface area contributed by atoms with Crippen LogP contribution in [0.1, 0.15) is 110 Å². The lowest BCUT2D eigenvalue weighted by atomic mass is 9.44. The van der Waals surface area contributed by atoms with Crippen LogP contribution in [0.15, 0.2) is 40.9 Å². The summed E-state index contributed by atoms with van der Waals surface area (Å²) in [5.41, 5.74) is -1.04. The van der Waals surface area contributed by atoms with Crippen molar-refractivity contribution in [1.29, 1.82) is 0 Å². The van der Waals surface area contributed by atoms with E-state index in [1.165, 1.54) is 31.5 Å². The average Bonchev–Trinajstić information content (AvgIpc) is 4.09. The Morgan fingerprint density at radius 2 is 1.73 bits per heavy atom. The van der Waals surface area contributed by atoms with Gasteiger partial charge in [0, 0.05) is 54.7 Å². The number of carbonyl (C=O) groups is 5. The first-order valence-corrected chi connectivity index (χ1v) is 23.8. The van der Waals surface area contributed by atoms with Crippen LogP contribution in [0.4, 0.5) is 14.5 Å². The molecule has 4 saturated carbocycles. The zero-order valence-electron chi connectivity index (χ0n) is 39.7. The lowest BCUT2D eigenvalue weighted by Crippen LogP contribution is -2.69. The van der Waals surface area contributed by atoms with E-state index in [-0.39, 0.29) is 90.8 Å². The van der Waals surface area contributed by atoms with Gasteiger partial charge in [-0.1, -0.05) is 46.3 Å². The smallest absolute Gasteiger partial charge is 0.344 e. The molecule has 2 aromatic rings. The maximum atomic E-state index is 17.6. The molecule has 2 heterocycles. The number of nitrogens with two attached hydrogens (primary N) is 1. The number of allylic oxidation sites excluding steroid dienone is 4. The summed E-state index contributed by atoms with van der Waals surface area (Å²) < 4.78 is 47.2. The summed E-state index contributed by atoms with van der Waals surface area (Å²) >= 11 is 0. The molecule has 67 heavy (non-hydrogen) atoms. The van der Waals surface area contributed by atoms with Gasteiger partial charge in [-0.2, -0.15) is 0 Å². The van der Waals surface area contributed by atoms with Crippen LogP contribution in [0, 0.1) is 40.3 Å². The summed E-state index contributed by atoms with van der Waals surface area (Å²) in [7, 11) is 1.36. The monoisotopic (exact) mass is 933 g/mol. The second-order valence-corrected chi connectivity index (χ2v) is 21.1. The van der Waals surface area contributed by atoms with Crippen molar-refractivity contribution >= 4 is 45.9 Å². The third-order valence-electron chi connectivity index (χ3n) is 16.6. The molecular formula is C50H65F2N5O10. The van der Waals surface area contributed by atoms with Crippen LogP contribution in [-0.2, 0) is 23.9 Å². The van der Waals surface area contributed by atoms with Crippen LogP contribution < -0.4 is 26.1 Å². The van der Waals surface area contributed by atoms with Crippen molar-refractivity contribution in [2.24, 2.45) is 40.2 Å². The minimum Gasteiger partial charge on any atom is -0.492 e. The number of benzene rings is 1. The van der Waals surface area contributed by atoms with E-state index >= 15 is 8.78 Å². The number of carbonyl (C=O) groups excluding carboxylic acids is 5. The fourth-order valence-corrected chi connectivity index (χ4v) is 12.5. The largest absolute Gasteiger partial charge is 0.492 e. The summed E-state index contributed by atoms with van der Waals surface area (Å²) in [6.07, 6.45) is 6.13. The van der Waals surface area contributed by atoms with Crippen LogP contribution in [0.3, 0.4) is 0 Å². The number of ketones is 2. The molecule has 0 radical (unpaired) electrons. The van der Waals surface area contributed by atoms with E-state index in [9.17, 15) is 39.0 Å². The summed E-state index contributed by atoms with van der Waals surface area (Å²) in [6.45, 7) is 12.2. The number of Topliss-reactive ketones (excluding diaryl/α,β-unsaturated/α-hetero) is 1. The Hall–Kier alpha value is -5.00. The highest BCUT2D eigenvalue weighted by Gasteiger charge is 2.74. The van der Waals surface area contributed by atoms with Gasteiger partial charge in [0.25, 0.3) is 0 Å². The predicted octanol–water partition coefficient (Wildman–Crippen LogP) is 4.47. The number of amides is 2. The molecule has 8 rings (SSSR count). The maximum absolute atomic E-state index is 17.6. The highest BCUT2D eigenvalue weighted by molar-refractivity contribution is 6.01. The van der Waals surface area contributed by atoms with Gasteiger partial charge in [0.1, 0.15) is 22.9 Å². The number of aliphatic hydroxyl groups excluding tert-OH is 1. The molecule has 0 bridgehead atoms. The summed E-state index contributed by atoms with van der Waals surface area (Å²) in [5.74, 6) is -5.27. The number of aliphatic hydroxyl groups is 2. The van der Waals surface area contributed by atoms with E-state index in [2.05, 4.69) is 5.32 Å². The topological polar surface area (TPSA) is 211 Å². The van der Waals surface area contributed by atoms with Gasteiger partial charge < -0.3 is 45.1 Å². The highest BCUT2D eigenvalue weighted by atomic mass is 19.1. The van der Waals surface area contributed by atoms with Crippen LogP contribution in [0.25, 0.3) is 10.9 Å². The number of hydrogen-bond donors (Lipinski definition) is 4. The third kappa shape index (κ3) is 7.52. The Bertz CT molecular complexity index is 2540. The minimum atomic E-state index is -2.16. The van der Waals surface area contributed by atoms with E-state index in [0.717, 1.165) is 6.07 Å². The van der Waals surface area contributed by atoms with E-state index in [0.29, 0.717) is 31.3 Å². The van der Waals surface area contributed by atoms with Crippen molar-refractivity contribution in [3.8, 4) is 5.75 Å². The number of fused-ring (bicyclic) bond motifs is 6. The number of rotatable bonds is 12. The van der Waals surface area contributed by atoms with Crippen molar-refractivity contribution in [2.45, 2.75) is 135 Å². The molecule has 5 N–H and O–H groups in total. The second-order valence-electron chi connectivity index (χ2n) is 21.1. The Labute approximate surface area is 389 Å². The minimum absolute atomic E-state index is 0.0577. The molecule has 1 aromatic heterocycles. The molecule has 10 atom stereocenters. The van der Waals surface area contributed by atoms with E-state index in [4.69, 9.17) is 15.2 Å². The first kappa shape index (κ1) is 48.5. The molecular weight excluding hydrogens is 869 g/mol. The van der Waals surface area contributed by atoms with Crippen LogP contribution in [-0.4, -0.2) is 118 Å². The number of halogens is 2. The van der Waals surface area contributed by atoms with Crippen molar-refractivity contribution in [3.05, 3.63) is 57.7 Å². The van der Waals surface area contributed by atoms with Crippen LogP contribution in [0.5, 0.6) is 5.75 Å². The number of aromatic nitrogens is 1. The second kappa shape index (κ2) is 17.2. The fraction of sp³-hybridized carbons (Fsp3) is 0.640. The zero-order valence-corrected chi connectivity index (χ0v) is 39.7. The van der Waals surface area contributed by atoms with Gasteiger partial charge in [0.2, 0.25) is 23.0 Å². The van der Waals surface area contributed by atoms with E-state index < -0.39 is 99.2 Å². The number of nitrogens with one attached hydrogen (secondary N) is 1. The van der Waals surface area contributed by atoms with Gasteiger partial charge in [-0.15, -0.1) is 0 Å². The third-order valence-corrected chi connectivity index (χ3v) is 16.6. The summed E-state index contributed by atoms with van der Waals surface area (Å²) in [5, 5.41) is 26.6. The molecule has 2 amide bonds. The van der Waals surface area contributed by atoms with E-state index in [1.54, 1.807) is 28.2 Å². The molecule has 5 aliphatic carbocycles. The maximum Gasteiger partial charge on any atom is 0.344 e. The van der Waals surface area contributed by atoms with Gasteiger partial charge in [-0.25, -0.2) is 13.6 Å². The molecule has 0 spiro atoms. The summed E-state index contributed by atoms with van der Waals surface area (Å²) in [6, 6.07) is -1.14. The lowest BCUT2D eigenvalue weighted by molar-refractivity contribution is -0.217. The number of nitrogens with zero attached hydrogens (tertiary/aromatic N) is 3. The Balaban J connectivity index is 1.01. The Morgan fingerprint density at radius 1 is 1.03 bits per heavy atom. The standard InChI is InChI=1S/C50H65F2N5O10/c1-25(2)38(53)44(62)54-39(26(3)4)45(63)56-18-17-55(22-27(56)5)41-35(51)20-31-40(43(41)66-8)57(29-10-11-29)23-32(42(31)61)46(64)67-24-37(60)49(65)16-14-33-34-12-9-28-19-30(58)13-15-47(28,6)50(34,52)36(59)21-48(33,49)7/h13,15,19-20,23,25-27,29,33-34,36,38-39,59,65H,9-12,14,16-18,21-22,24,53H2,1-8H3,(H,54,62)/t27?,33-,34-,36-,38?,39?,47-,48-,49-,50-/m0/s1. The fourth-order valence-electron chi connectivity index (χ4n) is 12.5. The van der Waals surface area contributed by atoms with Crippen molar-refractivity contribution < 1.29 is 52.4 Å². The number of ether oxygens (including phenoxy) is 2. The molecule has 5 fully saturated rings. The first-order valence-electron chi connectivity index (χ1n) is 23.8. The van der Waals surface area contributed by atoms with Gasteiger partial charge in [-0.05, 0) is 94.8 Å². The van der Waals surface area contributed by atoms with E-state index in [1.807, 2.05) is 34.6 Å². The van der Waals surface area contributed by atoms with Gasteiger partial charge >= 0.3 is 5.97 Å². The number of hydrogen-bond acceptors (Lipinski definition) is 12. The Kier molecular flexibility index (Phi) is 12.4. The van der Waals surface area contributed by atoms with Crippen molar-refractivity contribution in [2.75, 3.05) is 38.3 Å². The predicted molar refractivity (Wildman–Crippen MR) is 245 cm³/mol. The highest BCUT2D eigenvalue weighted by Crippen LogP contribution is 2.69. The molecule has 3 unspecified atom stereocenters. The summed E-state index contributed by atoms with van der Waals surface area (Å²) in [4.78, 5) is 84.6. The Morgan fingerprint density at radius 3 is 2.36 bits per heavy atom. The quantitative estimate of drug-likeness (QED) is 0.217. The average molecular weight is 934 g/mol.